The average Bonchev–Trinajstić information content (AvgIpc) is 2.42. The van der Waals surface area contributed by atoms with Gasteiger partial charge in [-0.25, -0.2) is 8.78 Å². The fourth-order valence-corrected chi connectivity index (χ4v) is 1.98. The van der Waals surface area contributed by atoms with Gasteiger partial charge in [-0.05, 0) is 36.7 Å². The number of hydrogen-bond acceptors (Lipinski definition) is 1. The SMILES string of the molecule is CCCNCc1ccc(F)c(-c2ccccc2F)c1. The lowest BCUT2D eigenvalue weighted by atomic mass is 10.0. The first kappa shape index (κ1) is 13.7. The van der Waals surface area contributed by atoms with Gasteiger partial charge < -0.3 is 5.32 Å². The largest absolute Gasteiger partial charge is 0.313 e. The van der Waals surface area contributed by atoms with E-state index in [0.717, 1.165) is 18.5 Å². The maximum atomic E-state index is 13.8. The van der Waals surface area contributed by atoms with E-state index in [-0.39, 0.29) is 0 Å². The molecule has 1 nitrogen and oxygen atoms in total. The molecular weight excluding hydrogens is 244 g/mol. The van der Waals surface area contributed by atoms with Crippen molar-refractivity contribution in [3.8, 4) is 11.1 Å². The summed E-state index contributed by atoms with van der Waals surface area (Å²) >= 11 is 0. The van der Waals surface area contributed by atoms with Crippen LogP contribution in [0.5, 0.6) is 0 Å². The normalized spacial score (nSPS) is 10.7. The molecule has 0 aliphatic carbocycles. The van der Waals surface area contributed by atoms with Crippen molar-refractivity contribution in [1.29, 1.82) is 0 Å². The molecule has 2 aromatic carbocycles. The van der Waals surface area contributed by atoms with E-state index in [2.05, 4.69) is 12.2 Å². The summed E-state index contributed by atoms with van der Waals surface area (Å²) in [4.78, 5) is 0. The van der Waals surface area contributed by atoms with Gasteiger partial charge in [0.25, 0.3) is 0 Å². The Morgan fingerprint density at radius 2 is 1.68 bits per heavy atom. The van der Waals surface area contributed by atoms with Crippen LogP contribution in [0, 0.1) is 11.6 Å². The second-order valence-corrected chi connectivity index (χ2v) is 4.47. The summed E-state index contributed by atoms with van der Waals surface area (Å²) < 4.78 is 27.5. The highest BCUT2D eigenvalue weighted by atomic mass is 19.1. The summed E-state index contributed by atoms with van der Waals surface area (Å²) in [6, 6.07) is 11.1. The number of nitrogens with one attached hydrogen (secondary N) is 1. The predicted octanol–water partition coefficient (Wildman–Crippen LogP) is 4.13. The summed E-state index contributed by atoms with van der Waals surface area (Å²) in [6.45, 7) is 3.66. The third-order valence-corrected chi connectivity index (χ3v) is 2.95. The van der Waals surface area contributed by atoms with Gasteiger partial charge in [0.1, 0.15) is 11.6 Å². The van der Waals surface area contributed by atoms with Crippen molar-refractivity contribution in [2.24, 2.45) is 0 Å². The molecule has 0 aliphatic heterocycles. The van der Waals surface area contributed by atoms with Crippen LogP contribution in [-0.2, 0) is 6.54 Å². The van der Waals surface area contributed by atoms with Gasteiger partial charge in [-0.1, -0.05) is 31.2 Å². The lowest BCUT2D eigenvalue weighted by molar-refractivity contribution is 0.614. The van der Waals surface area contributed by atoms with Crippen LogP contribution in [0.4, 0.5) is 8.78 Å². The van der Waals surface area contributed by atoms with Gasteiger partial charge in [-0.2, -0.15) is 0 Å². The van der Waals surface area contributed by atoms with Crippen LogP contribution in [0.15, 0.2) is 42.5 Å². The van der Waals surface area contributed by atoms with Gasteiger partial charge in [0.15, 0.2) is 0 Å². The average molecular weight is 261 g/mol. The van der Waals surface area contributed by atoms with Gasteiger partial charge in [0.05, 0.1) is 0 Å². The summed E-state index contributed by atoms with van der Waals surface area (Å²) in [6.07, 6.45) is 1.04. The van der Waals surface area contributed by atoms with Crippen molar-refractivity contribution in [1.82, 2.24) is 5.32 Å². The van der Waals surface area contributed by atoms with Crippen LogP contribution in [0.1, 0.15) is 18.9 Å². The zero-order valence-electron chi connectivity index (χ0n) is 10.9. The minimum atomic E-state index is -0.403. The number of rotatable bonds is 5. The van der Waals surface area contributed by atoms with Crippen LogP contribution >= 0.6 is 0 Å². The first-order valence-electron chi connectivity index (χ1n) is 6.46. The molecule has 0 aliphatic rings. The molecule has 2 aromatic rings. The standard InChI is InChI=1S/C16H17F2N/c1-2-9-19-11-12-7-8-16(18)14(10-12)13-5-3-4-6-15(13)17/h3-8,10,19H,2,9,11H2,1H3. The fourth-order valence-electron chi connectivity index (χ4n) is 1.98. The smallest absolute Gasteiger partial charge is 0.131 e. The van der Waals surface area contributed by atoms with Gasteiger partial charge in [-0.15, -0.1) is 0 Å². The molecule has 0 spiro atoms. The Labute approximate surface area is 112 Å². The molecule has 19 heavy (non-hydrogen) atoms. The van der Waals surface area contributed by atoms with E-state index in [1.54, 1.807) is 30.3 Å². The first-order chi connectivity index (χ1) is 9.22. The second-order valence-electron chi connectivity index (χ2n) is 4.47. The summed E-state index contributed by atoms with van der Waals surface area (Å²) in [5, 5.41) is 3.25. The van der Waals surface area contributed by atoms with Crippen molar-refractivity contribution in [2.45, 2.75) is 19.9 Å². The fraction of sp³-hybridized carbons (Fsp3) is 0.250. The minimum Gasteiger partial charge on any atom is -0.313 e. The highest BCUT2D eigenvalue weighted by Crippen LogP contribution is 2.26. The Balaban J connectivity index is 2.30. The maximum absolute atomic E-state index is 13.8. The molecule has 0 radical (unpaired) electrons. The van der Waals surface area contributed by atoms with Crippen molar-refractivity contribution in [3.63, 3.8) is 0 Å². The Morgan fingerprint density at radius 3 is 2.42 bits per heavy atom. The summed E-state index contributed by atoms with van der Waals surface area (Å²) in [5.41, 5.74) is 1.57. The molecule has 0 saturated heterocycles. The van der Waals surface area contributed by atoms with E-state index < -0.39 is 11.6 Å². The second kappa shape index (κ2) is 6.43. The lowest BCUT2D eigenvalue weighted by Gasteiger charge is -2.09. The highest BCUT2D eigenvalue weighted by Gasteiger charge is 2.10. The predicted molar refractivity (Wildman–Crippen MR) is 73.8 cm³/mol. The maximum Gasteiger partial charge on any atom is 0.131 e. The molecule has 0 unspecified atom stereocenters. The molecule has 0 amide bonds. The van der Waals surface area contributed by atoms with Gasteiger partial charge in [-0.3, -0.25) is 0 Å². The van der Waals surface area contributed by atoms with Gasteiger partial charge >= 0.3 is 0 Å². The Kier molecular flexibility index (Phi) is 4.63. The Hall–Kier alpha value is -1.74. The molecule has 0 aromatic heterocycles. The van der Waals surface area contributed by atoms with Crippen LogP contribution in [0.3, 0.4) is 0 Å². The minimum absolute atomic E-state index is 0.303. The van der Waals surface area contributed by atoms with Crippen LogP contribution in [0.2, 0.25) is 0 Å². The first-order valence-corrected chi connectivity index (χ1v) is 6.46. The van der Waals surface area contributed by atoms with E-state index in [0.29, 0.717) is 17.7 Å². The van der Waals surface area contributed by atoms with E-state index in [4.69, 9.17) is 0 Å². The number of hydrogen-bond donors (Lipinski definition) is 1. The van der Waals surface area contributed by atoms with E-state index in [1.165, 1.54) is 12.1 Å². The molecule has 1 N–H and O–H groups in total. The van der Waals surface area contributed by atoms with Crippen molar-refractivity contribution >= 4 is 0 Å². The molecule has 0 saturated carbocycles. The van der Waals surface area contributed by atoms with Crippen LogP contribution in [-0.4, -0.2) is 6.54 Å². The topological polar surface area (TPSA) is 12.0 Å². The van der Waals surface area contributed by atoms with E-state index in [1.807, 2.05) is 0 Å². The Morgan fingerprint density at radius 1 is 0.947 bits per heavy atom. The van der Waals surface area contributed by atoms with Gasteiger partial charge in [0, 0.05) is 17.7 Å². The summed E-state index contributed by atoms with van der Waals surface area (Å²) in [7, 11) is 0. The molecule has 0 fully saturated rings. The molecule has 0 heterocycles. The zero-order valence-corrected chi connectivity index (χ0v) is 10.9. The van der Waals surface area contributed by atoms with Crippen molar-refractivity contribution in [3.05, 3.63) is 59.7 Å². The molecule has 3 heteroatoms. The van der Waals surface area contributed by atoms with E-state index >= 15 is 0 Å². The molecule has 0 atom stereocenters. The monoisotopic (exact) mass is 261 g/mol. The van der Waals surface area contributed by atoms with E-state index in [9.17, 15) is 8.78 Å². The van der Waals surface area contributed by atoms with Crippen molar-refractivity contribution in [2.75, 3.05) is 6.54 Å². The van der Waals surface area contributed by atoms with Crippen LogP contribution < -0.4 is 5.32 Å². The lowest BCUT2D eigenvalue weighted by Crippen LogP contribution is -2.13. The third kappa shape index (κ3) is 3.38. The zero-order chi connectivity index (χ0) is 13.7. The number of halogens is 2. The van der Waals surface area contributed by atoms with Crippen molar-refractivity contribution < 1.29 is 8.78 Å². The molecule has 100 valence electrons. The molecule has 2 rings (SSSR count). The Bertz CT molecular complexity index is 552. The number of benzene rings is 2. The third-order valence-electron chi connectivity index (χ3n) is 2.95. The van der Waals surface area contributed by atoms with Gasteiger partial charge in [0.2, 0.25) is 0 Å². The molecular formula is C16H17F2N. The molecule has 0 bridgehead atoms. The quantitative estimate of drug-likeness (QED) is 0.798. The summed E-state index contributed by atoms with van der Waals surface area (Å²) in [5.74, 6) is -0.801. The van der Waals surface area contributed by atoms with Crippen LogP contribution in [0.25, 0.3) is 11.1 Å². The highest BCUT2D eigenvalue weighted by molar-refractivity contribution is 5.65.